The average Bonchev–Trinajstić information content (AvgIpc) is 3.18. The van der Waals surface area contributed by atoms with Gasteiger partial charge >= 0.3 is 0 Å². The van der Waals surface area contributed by atoms with Crippen molar-refractivity contribution in [3.05, 3.63) is 58.8 Å². The highest BCUT2D eigenvalue weighted by Crippen LogP contribution is 2.19. The number of hydrogen-bond acceptors (Lipinski definition) is 4. The SMILES string of the molecule is CN(CCc1nccs1)C(=O)/C=C/c1cc2ccccc2o1. The highest BCUT2D eigenvalue weighted by molar-refractivity contribution is 7.09. The molecule has 0 spiro atoms. The van der Waals surface area contributed by atoms with E-state index in [0.717, 1.165) is 22.4 Å². The van der Waals surface area contributed by atoms with Crippen LogP contribution in [0.2, 0.25) is 0 Å². The summed E-state index contributed by atoms with van der Waals surface area (Å²) in [5.74, 6) is 0.639. The summed E-state index contributed by atoms with van der Waals surface area (Å²) in [5, 5.41) is 4.02. The lowest BCUT2D eigenvalue weighted by atomic mass is 10.2. The summed E-state index contributed by atoms with van der Waals surface area (Å²) in [6, 6.07) is 9.71. The molecule has 2 heterocycles. The molecule has 0 atom stereocenters. The third kappa shape index (κ3) is 3.43. The molecule has 2 aromatic heterocycles. The fraction of sp³-hybridized carbons (Fsp3) is 0.176. The summed E-state index contributed by atoms with van der Waals surface area (Å²) in [6.07, 6.45) is 5.81. The molecule has 0 unspecified atom stereocenters. The van der Waals surface area contributed by atoms with Gasteiger partial charge in [-0.1, -0.05) is 18.2 Å². The van der Waals surface area contributed by atoms with Crippen LogP contribution in [0.1, 0.15) is 10.8 Å². The van der Waals surface area contributed by atoms with Crippen LogP contribution < -0.4 is 0 Å². The van der Waals surface area contributed by atoms with Crippen LogP contribution in [0.4, 0.5) is 0 Å². The molecule has 112 valence electrons. The molecule has 0 aliphatic heterocycles. The molecule has 3 rings (SSSR count). The Balaban J connectivity index is 1.60. The summed E-state index contributed by atoms with van der Waals surface area (Å²) >= 11 is 1.61. The third-order valence-electron chi connectivity index (χ3n) is 3.36. The summed E-state index contributed by atoms with van der Waals surface area (Å²) in [7, 11) is 1.79. The van der Waals surface area contributed by atoms with Gasteiger partial charge in [-0.15, -0.1) is 11.3 Å². The Labute approximate surface area is 132 Å². The fourth-order valence-corrected chi connectivity index (χ4v) is 2.72. The first kappa shape index (κ1) is 14.5. The fourth-order valence-electron chi connectivity index (χ4n) is 2.12. The van der Waals surface area contributed by atoms with Crippen LogP contribution in [0, 0.1) is 0 Å². The van der Waals surface area contributed by atoms with E-state index in [9.17, 15) is 4.79 Å². The minimum Gasteiger partial charge on any atom is -0.457 e. The zero-order valence-electron chi connectivity index (χ0n) is 12.2. The maximum atomic E-state index is 12.1. The third-order valence-corrected chi connectivity index (χ3v) is 4.19. The van der Waals surface area contributed by atoms with Crippen molar-refractivity contribution in [2.75, 3.05) is 13.6 Å². The first-order valence-electron chi connectivity index (χ1n) is 7.02. The second-order valence-corrected chi connectivity index (χ2v) is 5.93. The molecule has 0 saturated carbocycles. The second kappa shape index (κ2) is 6.58. The Bertz CT molecular complexity index is 757. The molecular weight excluding hydrogens is 296 g/mol. The molecule has 22 heavy (non-hydrogen) atoms. The topological polar surface area (TPSA) is 46.3 Å². The molecule has 0 aliphatic rings. The maximum absolute atomic E-state index is 12.1. The highest BCUT2D eigenvalue weighted by Gasteiger charge is 2.07. The Kier molecular flexibility index (Phi) is 4.34. The zero-order valence-corrected chi connectivity index (χ0v) is 13.0. The number of fused-ring (bicyclic) bond motifs is 1. The van der Waals surface area contributed by atoms with E-state index in [1.165, 1.54) is 0 Å². The minimum atomic E-state index is -0.0444. The molecule has 0 N–H and O–H groups in total. The second-order valence-electron chi connectivity index (χ2n) is 4.96. The number of rotatable bonds is 5. The molecular formula is C17H16N2O2S. The summed E-state index contributed by atoms with van der Waals surface area (Å²) in [6.45, 7) is 0.650. The lowest BCUT2D eigenvalue weighted by Gasteiger charge is -2.13. The van der Waals surface area contributed by atoms with Crippen molar-refractivity contribution in [2.45, 2.75) is 6.42 Å². The molecule has 0 aliphatic carbocycles. The van der Waals surface area contributed by atoms with Gasteiger partial charge in [0, 0.05) is 43.1 Å². The summed E-state index contributed by atoms with van der Waals surface area (Å²) in [5.41, 5.74) is 0.826. The van der Waals surface area contributed by atoms with E-state index in [-0.39, 0.29) is 5.91 Å². The number of amides is 1. The smallest absolute Gasteiger partial charge is 0.246 e. The van der Waals surface area contributed by atoms with Crippen LogP contribution in [0.25, 0.3) is 17.0 Å². The van der Waals surface area contributed by atoms with Gasteiger partial charge in [-0.25, -0.2) is 4.98 Å². The number of aromatic nitrogens is 1. The van der Waals surface area contributed by atoms with Gasteiger partial charge in [0.2, 0.25) is 5.91 Å². The van der Waals surface area contributed by atoms with Crippen molar-refractivity contribution >= 4 is 34.3 Å². The van der Waals surface area contributed by atoms with Crippen LogP contribution in [-0.2, 0) is 11.2 Å². The highest BCUT2D eigenvalue weighted by atomic mass is 32.1. The predicted molar refractivity (Wildman–Crippen MR) is 88.7 cm³/mol. The number of carbonyl (C=O) groups is 1. The van der Waals surface area contributed by atoms with Gasteiger partial charge < -0.3 is 9.32 Å². The molecule has 0 fully saturated rings. The quantitative estimate of drug-likeness (QED) is 0.676. The van der Waals surface area contributed by atoms with Crippen LogP contribution in [0.15, 0.2) is 52.4 Å². The number of nitrogens with zero attached hydrogens (tertiary/aromatic N) is 2. The predicted octanol–water partition coefficient (Wildman–Crippen LogP) is 3.60. The van der Waals surface area contributed by atoms with Crippen LogP contribution >= 0.6 is 11.3 Å². The Morgan fingerprint density at radius 3 is 3.05 bits per heavy atom. The van der Waals surface area contributed by atoms with Crippen LogP contribution in [0.5, 0.6) is 0 Å². The van der Waals surface area contributed by atoms with Crippen LogP contribution in [0.3, 0.4) is 0 Å². The van der Waals surface area contributed by atoms with Crippen LogP contribution in [-0.4, -0.2) is 29.4 Å². The minimum absolute atomic E-state index is 0.0444. The number of hydrogen-bond donors (Lipinski definition) is 0. The van der Waals surface area contributed by atoms with Crippen molar-refractivity contribution in [3.8, 4) is 0 Å². The molecule has 5 heteroatoms. The Morgan fingerprint density at radius 2 is 2.27 bits per heavy atom. The molecule has 0 saturated heterocycles. The van der Waals surface area contributed by atoms with Crippen molar-refractivity contribution in [3.63, 3.8) is 0 Å². The zero-order chi connectivity index (χ0) is 15.4. The molecule has 4 nitrogen and oxygen atoms in total. The lowest BCUT2D eigenvalue weighted by Crippen LogP contribution is -2.26. The van der Waals surface area contributed by atoms with E-state index in [0.29, 0.717) is 12.3 Å². The molecule has 0 bridgehead atoms. The van der Waals surface area contributed by atoms with Gasteiger partial charge in [0.15, 0.2) is 0 Å². The van der Waals surface area contributed by atoms with Gasteiger partial charge in [0.05, 0.1) is 5.01 Å². The number of likely N-dealkylation sites (N-methyl/N-ethyl adjacent to an activating group) is 1. The van der Waals surface area contributed by atoms with E-state index < -0.39 is 0 Å². The van der Waals surface area contributed by atoms with Gasteiger partial charge in [0.1, 0.15) is 11.3 Å². The van der Waals surface area contributed by atoms with Crippen molar-refractivity contribution < 1.29 is 9.21 Å². The average molecular weight is 312 g/mol. The number of thiazole rings is 1. The maximum Gasteiger partial charge on any atom is 0.246 e. The normalized spacial score (nSPS) is 11.3. The molecule has 1 amide bonds. The lowest BCUT2D eigenvalue weighted by molar-refractivity contribution is -0.124. The van der Waals surface area contributed by atoms with Crippen molar-refractivity contribution in [1.29, 1.82) is 0 Å². The Morgan fingerprint density at radius 1 is 1.41 bits per heavy atom. The summed E-state index contributed by atoms with van der Waals surface area (Å²) in [4.78, 5) is 18.0. The van der Waals surface area contributed by atoms with E-state index in [4.69, 9.17) is 4.42 Å². The van der Waals surface area contributed by atoms with E-state index in [1.54, 1.807) is 41.6 Å². The molecule has 1 aromatic carbocycles. The number of benzene rings is 1. The largest absolute Gasteiger partial charge is 0.457 e. The Hall–Kier alpha value is -2.40. The van der Waals surface area contributed by atoms with Gasteiger partial charge in [0.25, 0.3) is 0 Å². The van der Waals surface area contributed by atoms with E-state index in [1.807, 2.05) is 35.7 Å². The van der Waals surface area contributed by atoms with Gasteiger partial charge in [-0.2, -0.15) is 0 Å². The van der Waals surface area contributed by atoms with Gasteiger partial charge in [-0.05, 0) is 18.2 Å². The number of para-hydroxylation sites is 1. The monoisotopic (exact) mass is 312 g/mol. The van der Waals surface area contributed by atoms with Crippen molar-refractivity contribution in [2.24, 2.45) is 0 Å². The van der Waals surface area contributed by atoms with Gasteiger partial charge in [-0.3, -0.25) is 4.79 Å². The first-order chi connectivity index (χ1) is 10.7. The van der Waals surface area contributed by atoms with E-state index >= 15 is 0 Å². The van der Waals surface area contributed by atoms with Crippen molar-refractivity contribution in [1.82, 2.24) is 9.88 Å². The number of carbonyl (C=O) groups excluding carboxylic acids is 1. The molecule has 0 radical (unpaired) electrons. The van der Waals surface area contributed by atoms with E-state index in [2.05, 4.69) is 4.98 Å². The standard InChI is InChI=1S/C17H16N2O2S/c1-19(10-8-16-18-9-11-22-16)17(20)7-6-14-12-13-4-2-3-5-15(13)21-14/h2-7,9,11-12H,8,10H2,1H3/b7-6+. The molecule has 3 aromatic rings. The summed E-state index contributed by atoms with van der Waals surface area (Å²) < 4.78 is 5.65. The number of furan rings is 1. The first-order valence-corrected chi connectivity index (χ1v) is 7.90.